The zero-order chi connectivity index (χ0) is 19.9. The van der Waals surface area contributed by atoms with E-state index in [1.165, 1.54) is 0 Å². The van der Waals surface area contributed by atoms with Gasteiger partial charge in [0, 0.05) is 38.4 Å². The lowest BCUT2D eigenvalue weighted by Gasteiger charge is -2.12. The number of nitrogens with zero attached hydrogens (tertiary/aromatic N) is 1. The molecular formula is C21H36N4O2. The van der Waals surface area contributed by atoms with Crippen molar-refractivity contribution in [3.63, 3.8) is 0 Å². The topological polar surface area (TPSA) is 74.8 Å². The van der Waals surface area contributed by atoms with Crippen LogP contribution in [0.2, 0.25) is 0 Å². The first-order valence-corrected chi connectivity index (χ1v) is 10.0. The minimum atomic E-state index is 0.0549. The molecule has 27 heavy (non-hydrogen) atoms. The van der Waals surface area contributed by atoms with E-state index < -0.39 is 0 Å². The van der Waals surface area contributed by atoms with Crippen LogP contribution in [0, 0.1) is 5.92 Å². The monoisotopic (exact) mass is 376 g/mol. The fourth-order valence-electron chi connectivity index (χ4n) is 2.36. The Morgan fingerprint density at radius 3 is 2.52 bits per heavy atom. The molecule has 1 amide bonds. The molecular weight excluding hydrogens is 340 g/mol. The number of guanidine groups is 1. The normalized spacial score (nSPS) is 11.5. The van der Waals surface area contributed by atoms with Crippen molar-refractivity contribution >= 4 is 17.6 Å². The molecule has 1 aromatic rings. The van der Waals surface area contributed by atoms with Crippen LogP contribution in [0.15, 0.2) is 29.3 Å². The molecule has 0 saturated heterocycles. The van der Waals surface area contributed by atoms with E-state index in [4.69, 9.17) is 4.74 Å². The van der Waals surface area contributed by atoms with E-state index in [1.807, 2.05) is 31.2 Å². The maximum atomic E-state index is 11.6. The fourth-order valence-corrected chi connectivity index (χ4v) is 2.36. The van der Waals surface area contributed by atoms with Crippen LogP contribution in [0.4, 0.5) is 5.69 Å². The van der Waals surface area contributed by atoms with Gasteiger partial charge in [0.05, 0.1) is 6.54 Å². The van der Waals surface area contributed by atoms with E-state index in [0.29, 0.717) is 18.9 Å². The number of aliphatic imine (C=N–C) groups is 1. The van der Waals surface area contributed by atoms with Gasteiger partial charge in [-0.05, 0) is 43.4 Å². The second-order valence-electron chi connectivity index (χ2n) is 6.94. The quantitative estimate of drug-likeness (QED) is 0.296. The molecule has 0 bridgehead atoms. The third-order valence-corrected chi connectivity index (χ3v) is 3.69. The van der Waals surface area contributed by atoms with Gasteiger partial charge in [-0.1, -0.05) is 32.9 Å². The molecule has 152 valence electrons. The number of benzene rings is 1. The number of ether oxygens (including phenoxy) is 1. The van der Waals surface area contributed by atoms with E-state index in [-0.39, 0.29) is 5.91 Å². The minimum absolute atomic E-state index is 0.0549. The fraction of sp³-hybridized carbons (Fsp3) is 0.619. The van der Waals surface area contributed by atoms with Crippen molar-refractivity contribution in [2.45, 2.75) is 53.5 Å². The number of rotatable bonds is 12. The number of hydrogen-bond donors (Lipinski definition) is 3. The van der Waals surface area contributed by atoms with Crippen molar-refractivity contribution in [2.24, 2.45) is 10.9 Å². The van der Waals surface area contributed by atoms with Crippen molar-refractivity contribution in [3.8, 4) is 0 Å². The van der Waals surface area contributed by atoms with Crippen LogP contribution in [0.5, 0.6) is 0 Å². The van der Waals surface area contributed by atoms with Gasteiger partial charge in [0.25, 0.3) is 0 Å². The average Bonchev–Trinajstić information content (AvgIpc) is 2.63. The summed E-state index contributed by atoms with van der Waals surface area (Å²) in [6, 6.07) is 7.83. The Kier molecular flexibility index (Phi) is 11.9. The molecule has 0 heterocycles. The van der Waals surface area contributed by atoms with Gasteiger partial charge in [0.2, 0.25) is 5.91 Å². The van der Waals surface area contributed by atoms with Gasteiger partial charge in [-0.2, -0.15) is 0 Å². The molecule has 0 unspecified atom stereocenters. The van der Waals surface area contributed by atoms with Crippen molar-refractivity contribution in [1.29, 1.82) is 0 Å². The highest BCUT2D eigenvalue weighted by molar-refractivity contribution is 5.90. The van der Waals surface area contributed by atoms with Gasteiger partial charge in [0.1, 0.15) is 0 Å². The Balaban J connectivity index is 2.41. The zero-order valence-electron chi connectivity index (χ0n) is 17.3. The number of amides is 1. The Bertz CT molecular complexity index is 556. The maximum absolute atomic E-state index is 11.6. The predicted molar refractivity (Wildman–Crippen MR) is 113 cm³/mol. The van der Waals surface area contributed by atoms with Crippen LogP contribution in [-0.4, -0.2) is 38.2 Å². The summed E-state index contributed by atoms with van der Waals surface area (Å²) in [6.07, 6.45) is 2.35. The van der Waals surface area contributed by atoms with Crippen molar-refractivity contribution in [2.75, 3.05) is 31.6 Å². The van der Waals surface area contributed by atoms with Crippen LogP contribution in [0.1, 0.15) is 52.5 Å². The van der Waals surface area contributed by atoms with E-state index in [1.54, 1.807) is 0 Å². The van der Waals surface area contributed by atoms with Gasteiger partial charge in [0.15, 0.2) is 5.96 Å². The lowest BCUT2D eigenvalue weighted by atomic mass is 10.2. The number of nitrogens with one attached hydrogen (secondary N) is 3. The van der Waals surface area contributed by atoms with Crippen LogP contribution < -0.4 is 16.0 Å². The molecule has 1 aromatic carbocycles. The van der Waals surface area contributed by atoms with E-state index in [0.717, 1.165) is 56.4 Å². The highest BCUT2D eigenvalue weighted by Crippen LogP contribution is 2.11. The highest BCUT2D eigenvalue weighted by atomic mass is 16.5. The molecule has 0 atom stereocenters. The Hall–Kier alpha value is -2.08. The summed E-state index contributed by atoms with van der Waals surface area (Å²) in [6.45, 7) is 12.2. The summed E-state index contributed by atoms with van der Waals surface area (Å²) in [5.74, 6) is 1.43. The standard InChI is InChI=1S/C21H36N4O2/c1-5-8-20(26)25-19-11-9-18(10-12-19)15-24-21(22-6-2)23-13-7-14-27-16-17(3)4/h9-12,17H,5-8,13-16H2,1-4H3,(H,25,26)(H2,22,23,24). The molecule has 1 rings (SSSR count). The number of anilines is 1. The Labute approximate surface area is 164 Å². The lowest BCUT2D eigenvalue weighted by Crippen LogP contribution is -2.38. The summed E-state index contributed by atoms with van der Waals surface area (Å²) in [7, 11) is 0. The predicted octanol–water partition coefficient (Wildman–Crippen LogP) is 3.54. The van der Waals surface area contributed by atoms with Crippen molar-refractivity contribution in [3.05, 3.63) is 29.8 Å². The van der Waals surface area contributed by atoms with Gasteiger partial charge < -0.3 is 20.7 Å². The zero-order valence-corrected chi connectivity index (χ0v) is 17.3. The molecule has 0 aliphatic heterocycles. The molecule has 0 radical (unpaired) electrons. The molecule has 0 saturated carbocycles. The van der Waals surface area contributed by atoms with E-state index in [2.05, 4.69) is 41.7 Å². The SMILES string of the molecule is CCCC(=O)Nc1ccc(CN=C(NCC)NCCCOCC(C)C)cc1. The third-order valence-electron chi connectivity index (χ3n) is 3.69. The number of hydrogen-bond acceptors (Lipinski definition) is 3. The summed E-state index contributed by atoms with van der Waals surface area (Å²) in [5, 5.41) is 9.48. The smallest absolute Gasteiger partial charge is 0.224 e. The first-order chi connectivity index (χ1) is 13.0. The Morgan fingerprint density at radius 1 is 1.15 bits per heavy atom. The minimum Gasteiger partial charge on any atom is -0.381 e. The summed E-state index contributed by atoms with van der Waals surface area (Å²) in [5.41, 5.74) is 1.92. The molecule has 0 aliphatic carbocycles. The summed E-state index contributed by atoms with van der Waals surface area (Å²) < 4.78 is 5.59. The van der Waals surface area contributed by atoms with E-state index >= 15 is 0 Å². The van der Waals surface area contributed by atoms with Crippen molar-refractivity contribution in [1.82, 2.24) is 10.6 Å². The molecule has 0 spiro atoms. The van der Waals surface area contributed by atoms with Crippen molar-refractivity contribution < 1.29 is 9.53 Å². The maximum Gasteiger partial charge on any atom is 0.224 e. The van der Waals surface area contributed by atoms with Crippen LogP contribution >= 0.6 is 0 Å². The molecule has 3 N–H and O–H groups in total. The van der Waals surface area contributed by atoms with Gasteiger partial charge in [-0.15, -0.1) is 0 Å². The summed E-state index contributed by atoms with van der Waals surface area (Å²) in [4.78, 5) is 16.2. The lowest BCUT2D eigenvalue weighted by molar-refractivity contribution is -0.116. The first-order valence-electron chi connectivity index (χ1n) is 10.0. The summed E-state index contributed by atoms with van der Waals surface area (Å²) >= 11 is 0. The molecule has 6 heteroatoms. The molecule has 0 aromatic heterocycles. The average molecular weight is 377 g/mol. The number of carbonyl (C=O) groups is 1. The highest BCUT2D eigenvalue weighted by Gasteiger charge is 2.02. The second-order valence-corrected chi connectivity index (χ2v) is 6.94. The first kappa shape index (κ1) is 23.0. The second kappa shape index (κ2) is 14.0. The molecule has 6 nitrogen and oxygen atoms in total. The van der Waals surface area contributed by atoms with E-state index in [9.17, 15) is 4.79 Å². The van der Waals surface area contributed by atoms with Crippen LogP contribution in [-0.2, 0) is 16.1 Å². The van der Waals surface area contributed by atoms with Gasteiger partial charge in [-0.3, -0.25) is 4.79 Å². The Morgan fingerprint density at radius 2 is 1.89 bits per heavy atom. The van der Waals surface area contributed by atoms with Crippen LogP contribution in [0.3, 0.4) is 0 Å². The molecule has 0 fully saturated rings. The largest absolute Gasteiger partial charge is 0.381 e. The van der Waals surface area contributed by atoms with Gasteiger partial charge >= 0.3 is 0 Å². The number of carbonyl (C=O) groups excluding carboxylic acids is 1. The third kappa shape index (κ3) is 11.3. The van der Waals surface area contributed by atoms with Gasteiger partial charge in [-0.25, -0.2) is 4.99 Å². The molecule has 0 aliphatic rings. The van der Waals surface area contributed by atoms with Crippen LogP contribution in [0.25, 0.3) is 0 Å².